The van der Waals surface area contributed by atoms with E-state index < -0.39 is 5.60 Å². The second-order valence-corrected chi connectivity index (χ2v) is 6.66. The molecular weight excluding hydrogens is 280 g/mol. The Balaban J connectivity index is 1.75. The number of piperidine rings is 1. The molecule has 1 aromatic rings. The number of amides is 1. The van der Waals surface area contributed by atoms with Gasteiger partial charge in [0, 0.05) is 13.1 Å². The maximum Gasteiger partial charge on any atom is 0.410 e. The van der Waals surface area contributed by atoms with E-state index in [2.05, 4.69) is 5.48 Å². The molecule has 0 aromatic heterocycles. The van der Waals surface area contributed by atoms with E-state index >= 15 is 0 Å². The molecule has 5 nitrogen and oxygen atoms in total. The number of benzene rings is 1. The summed E-state index contributed by atoms with van der Waals surface area (Å²) in [6.07, 6.45) is 1.70. The molecular formula is C17H26N2O3. The Morgan fingerprint density at radius 2 is 2.05 bits per heavy atom. The van der Waals surface area contributed by atoms with Crippen molar-refractivity contribution in [1.82, 2.24) is 10.4 Å². The molecule has 5 heteroatoms. The van der Waals surface area contributed by atoms with Gasteiger partial charge in [-0.3, -0.25) is 4.84 Å². The second kappa shape index (κ2) is 7.61. The van der Waals surface area contributed by atoms with Crippen molar-refractivity contribution in [3.63, 3.8) is 0 Å². The van der Waals surface area contributed by atoms with Crippen LogP contribution >= 0.6 is 0 Å². The van der Waals surface area contributed by atoms with Gasteiger partial charge in [-0.15, -0.1) is 0 Å². The lowest BCUT2D eigenvalue weighted by Gasteiger charge is -2.34. The quantitative estimate of drug-likeness (QED) is 0.868. The number of hydrogen-bond donors (Lipinski definition) is 1. The van der Waals surface area contributed by atoms with Gasteiger partial charge in [0.05, 0.1) is 12.6 Å². The Bertz CT molecular complexity index is 471. The number of carbonyl (C=O) groups excluding carboxylic acids is 1. The fourth-order valence-electron chi connectivity index (χ4n) is 2.38. The van der Waals surface area contributed by atoms with Gasteiger partial charge in [-0.1, -0.05) is 30.3 Å². The van der Waals surface area contributed by atoms with Gasteiger partial charge in [0.15, 0.2) is 0 Å². The zero-order chi connectivity index (χ0) is 16.0. The van der Waals surface area contributed by atoms with Gasteiger partial charge in [-0.2, -0.15) is 5.48 Å². The van der Waals surface area contributed by atoms with E-state index in [1.165, 1.54) is 0 Å². The number of ether oxygens (including phenoxy) is 1. The van der Waals surface area contributed by atoms with Gasteiger partial charge in [0.1, 0.15) is 5.60 Å². The molecule has 0 unspecified atom stereocenters. The van der Waals surface area contributed by atoms with Crippen LogP contribution in [0.2, 0.25) is 0 Å². The summed E-state index contributed by atoms with van der Waals surface area (Å²) in [7, 11) is 0. The molecule has 1 atom stereocenters. The van der Waals surface area contributed by atoms with Gasteiger partial charge in [-0.25, -0.2) is 4.79 Å². The maximum atomic E-state index is 12.1. The second-order valence-electron chi connectivity index (χ2n) is 6.66. The highest BCUT2D eigenvalue weighted by atomic mass is 16.6. The summed E-state index contributed by atoms with van der Waals surface area (Å²) in [5.74, 6) is 0. The Labute approximate surface area is 132 Å². The lowest BCUT2D eigenvalue weighted by Crippen LogP contribution is -2.49. The Hall–Kier alpha value is -1.59. The standard InChI is InChI=1S/C17H26N2O3/c1-17(2,3)22-16(20)19-11-7-10-15(12-19)18-21-13-14-8-5-4-6-9-14/h4-6,8-9,15,18H,7,10-13H2,1-3H3/t15-/m1/s1. The van der Waals surface area contributed by atoms with E-state index in [1.54, 1.807) is 4.90 Å². The van der Waals surface area contributed by atoms with Crippen molar-refractivity contribution >= 4 is 6.09 Å². The van der Waals surface area contributed by atoms with E-state index in [0.717, 1.165) is 24.9 Å². The predicted octanol–water partition coefficient (Wildman–Crippen LogP) is 3.11. The number of nitrogens with zero attached hydrogens (tertiary/aromatic N) is 1. The van der Waals surface area contributed by atoms with Crippen LogP contribution < -0.4 is 5.48 Å². The highest BCUT2D eigenvalue weighted by molar-refractivity contribution is 5.68. The van der Waals surface area contributed by atoms with Crippen LogP contribution in [0.1, 0.15) is 39.2 Å². The van der Waals surface area contributed by atoms with Crippen LogP contribution in [-0.2, 0) is 16.2 Å². The molecule has 1 fully saturated rings. The summed E-state index contributed by atoms with van der Waals surface area (Å²) in [6.45, 7) is 7.52. The first-order valence-electron chi connectivity index (χ1n) is 7.83. The SMILES string of the molecule is CC(C)(C)OC(=O)N1CCC[C@@H](NOCc2ccccc2)C1. The van der Waals surface area contributed by atoms with Crippen LogP contribution in [0, 0.1) is 0 Å². The number of rotatable bonds is 4. The normalized spacial score (nSPS) is 19.0. The zero-order valence-corrected chi connectivity index (χ0v) is 13.7. The number of carbonyl (C=O) groups is 1. The van der Waals surface area contributed by atoms with Crippen molar-refractivity contribution in [1.29, 1.82) is 0 Å². The first kappa shape index (κ1) is 16.8. The third-order valence-corrected chi connectivity index (χ3v) is 3.40. The van der Waals surface area contributed by atoms with E-state index in [1.807, 2.05) is 51.1 Å². The van der Waals surface area contributed by atoms with Crippen molar-refractivity contribution in [2.75, 3.05) is 13.1 Å². The molecule has 1 saturated heterocycles. The van der Waals surface area contributed by atoms with E-state index in [-0.39, 0.29) is 12.1 Å². The summed E-state index contributed by atoms with van der Waals surface area (Å²) in [4.78, 5) is 19.4. The van der Waals surface area contributed by atoms with E-state index in [9.17, 15) is 4.79 Å². The van der Waals surface area contributed by atoms with Crippen molar-refractivity contribution in [3.05, 3.63) is 35.9 Å². The number of likely N-dealkylation sites (tertiary alicyclic amines) is 1. The molecule has 1 N–H and O–H groups in total. The molecule has 1 aliphatic heterocycles. The van der Waals surface area contributed by atoms with Crippen LogP contribution in [0.25, 0.3) is 0 Å². The number of hydroxylamine groups is 1. The van der Waals surface area contributed by atoms with E-state index in [0.29, 0.717) is 13.2 Å². The average Bonchev–Trinajstić information content (AvgIpc) is 2.47. The van der Waals surface area contributed by atoms with Gasteiger partial charge in [0.2, 0.25) is 0 Å². The molecule has 22 heavy (non-hydrogen) atoms. The van der Waals surface area contributed by atoms with Crippen molar-refractivity contribution < 1.29 is 14.4 Å². The summed E-state index contributed by atoms with van der Waals surface area (Å²) in [6, 6.07) is 10.2. The molecule has 0 aliphatic carbocycles. The van der Waals surface area contributed by atoms with Crippen molar-refractivity contribution in [2.45, 2.75) is 51.9 Å². The molecule has 1 heterocycles. The van der Waals surface area contributed by atoms with Crippen molar-refractivity contribution in [2.24, 2.45) is 0 Å². The van der Waals surface area contributed by atoms with Crippen LogP contribution in [0.4, 0.5) is 4.79 Å². The summed E-state index contributed by atoms with van der Waals surface area (Å²) in [5.41, 5.74) is 3.73. The average molecular weight is 306 g/mol. The number of hydrogen-bond acceptors (Lipinski definition) is 4. The first-order chi connectivity index (χ1) is 10.4. The molecule has 1 aliphatic rings. The Morgan fingerprint density at radius 1 is 1.32 bits per heavy atom. The van der Waals surface area contributed by atoms with E-state index in [4.69, 9.17) is 9.57 Å². The minimum atomic E-state index is -0.457. The maximum absolute atomic E-state index is 12.1. The van der Waals surface area contributed by atoms with Gasteiger partial charge < -0.3 is 9.64 Å². The molecule has 0 bridgehead atoms. The smallest absolute Gasteiger partial charge is 0.410 e. The van der Waals surface area contributed by atoms with Gasteiger partial charge >= 0.3 is 6.09 Å². The topological polar surface area (TPSA) is 50.8 Å². The fraction of sp³-hybridized carbons (Fsp3) is 0.588. The molecule has 0 radical (unpaired) electrons. The van der Waals surface area contributed by atoms with Crippen LogP contribution in [0.15, 0.2) is 30.3 Å². The van der Waals surface area contributed by atoms with Gasteiger partial charge in [0.25, 0.3) is 0 Å². The lowest BCUT2D eigenvalue weighted by molar-refractivity contribution is -0.0228. The molecule has 122 valence electrons. The largest absolute Gasteiger partial charge is 0.444 e. The van der Waals surface area contributed by atoms with Crippen LogP contribution in [0.5, 0.6) is 0 Å². The highest BCUT2D eigenvalue weighted by Crippen LogP contribution is 2.15. The summed E-state index contributed by atoms with van der Waals surface area (Å²) < 4.78 is 5.42. The predicted molar refractivity (Wildman–Crippen MR) is 85.2 cm³/mol. The Morgan fingerprint density at radius 3 is 2.73 bits per heavy atom. The molecule has 1 aromatic carbocycles. The Kier molecular flexibility index (Phi) is 5.80. The van der Waals surface area contributed by atoms with Crippen molar-refractivity contribution in [3.8, 4) is 0 Å². The lowest BCUT2D eigenvalue weighted by atomic mass is 10.1. The molecule has 1 amide bonds. The number of nitrogens with one attached hydrogen (secondary N) is 1. The monoisotopic (exact) mass is 306 g/mol. The zero-order valence-electron chi connectivity index (χ0n) is 13.7. The third-order valence-electron chi connectivity index (χ3n) is 3.40. The molecule has 0 spiro atoms. The third kappa shape index (κ3) is 5.66. The molecule has 0 saturated carbocycles. The highest BCUT2D eigenvalue weighted by Gasteiger charge is 2.27. The fourth-order valence-corrected chi connectivity index (χ4v) is 2.38. The van der Waals surface area contributed by atoms with Crippen LogP contribution in [-0.4, -0.2) is 35.7 Å². The summed E-state index contributed by atoms with van der Waals surface area (Å²) in [5, 5.41) is 0. The molecule has 2 rings (SSSR count). The van der Waals surface area contributed by atoms with Crippen LogP contribution in [0.3, 0.4) is 0 Å². The first-order valence-corrected chi connectivity index (χ1v) is 7.83. The minimum absolute atomic E-state index is 0.144. The summed E-state index contributed by atoms with van der Waals surface area (Å²) >= 11 is 0. The minimum Gasteiger partial charge on any atom is -0.444 e. The van der Waals surface area contributed by atoms with Gasteiger partial charge in [-0.05, 0) is 39.2 Å².